The molecule has 0 aliphatic rings. The van der Waals surface area contributed by atoms with E-state index in [2.05, 4.69) is 48.6 Å². The van der Waals surface area contributed by atoms with Gasteiger partial charge in [-0.25, -0.2) is 9.97 Å². The van der Waals surface area contributed by atoms with Crippen molar-refractivity contribution in [1.29, 1.82) is 5.41 Å². The molecule has 0 saturated heterocycles. The van der Waals surface area contributed by atoms with E-state index in [-0.39, 0.29) is 5.49 Å². The van der Waals surface area contributed by atoms with E-state index in [0.29, 0.717) is 5.52 Å². The second-order valence-electron chi connectivity index (χ2n) is 6.46. The molecule has 130 valence electrons. The Morgan fingerprint density at radius 2 is 2.16 bits per heavy atom. The van der Waals surface area contributed by atoms with Gasteiger partial charge in [-0.3, -0.25) is 5.41 Å². The van der Waals surface area contributed by atoms with Gasteiger partial charge in [-0.1, -0.05) is 35.0 Å². The van der Waals surface area contributed by atoms with E-state index in [1.807, 2.05) is 11.5 Å². The molecule has 0 saturated carbocycles. The molecule has 6 heteroatoms. The molecule has 0 aliphatic carbocycles. The van der Waals surface area contributed by atoms with Crippen molar-refractivity contribution in [3.8, 4) is 0 Å². The number of allylic oxidation sites excluding steroid dienone is 1. The van der Waals surface area contributed by atoms with Gasteiger partial charge in [0.05, 0.1) is 6.33 Å². The molecule has 0 bridgehead atoms. The van der Waals surface area contributed by atoms with E-state index in [1.54, 1.807) is 18.1 Å². The average molecular weight is 353 g/mol. The summed E-state index contributed by atoms with van der Waals surface area (Å²) in [6.45, 7) is 11.0. The van der Waals surface area contributed by atoms with Crippen LogP contribution in [-0.2, 0) is 6.54 Å². The summed E-state index contributed by atoms with van der Waals surface area (Å²) in [7, 11) is 0. The molecule has 0 spiro atoms. The molecule has 25 heavy (non-hydrogen) atoms. The molecule has 0 radical (unpaired) electrons. The zero-order chi connectivity index (χ0) is 18.0. The van der Waals surface area contributed by atoms with Crippen LogP contribution >= 0.6 is 11.8 Å². The van der Waals surface area contributed by atoms with Crippen molar-refractivity contribution < 1.29 is 0 Å². The highest BCUT2D eigenvalue weighted by molar-refractivity contribution is 7.99. The first kappa shape index (κ1) is 17.5. The highest BCUT2D eigenvalue weighted by Crippen LogP contribution is 2.29. The maximum Gasteiger partial charge on any atom is 0.173 e. The van der Waals surface area contributed by atoms with Crippen molar-refractivity contribution in [2.75, 3.05) is 0 Å². The van der Waals surface area contributed by atoms with Crippen LogP contribution < -0.4 is 5.49 Å². The average Bonchev–Trinajstić information content (AvgIpc) is 2.97. The predicted molar refractivity (Wildman–Crippen MR) is 102 cm³/mol. The Morgan fingerprint density at radius 1 is 1.36 bits per heavy atom. The van der Waals surface area contributed by atoms with E-state index in [1.165, 1.54) is 16.7 Å². The SMILES string of the molecule is C=C(C)CCCn1cnc(=N)c2[nH]c(Sc3ccc(C)cc3C)nc21. The lowest BCUT2D eigenvalue weighted by Crippen LogP contribution is -2.12. The molecule has 0 fully saturated rings. The third kappa shape index (κ3) is 4.02. The third-order valence-electron chi connectivity index (χ3n) is 4.04. The van der Waals surface area contributed by atoms with E-state index in [9.17, 15) is 0 Å². The fourth-order valence-corrected chi connectivity index (χ4v) is 3.59. The summed E-state index contributed by atoms with van der Waals surface area (Å²) in [5.41, 5.74) is 5.35. The van der Waals surface area contributed by atoms with Crippen LogP contribution in [0.1, 0.15) is 30.9 Å². The molecule has 2 N–H and O–H groups in total. The Hall–Kier alpha value is -2.34. The Labute approximate surface area is 151 Å². The number of H-pyrrole nitrogens is 1. The minimum atomic E-state index is 0.228. The third-order valence-corrected chi connectivity index (χ3v) is 5.10. The summed E-state index contributed by atoms with van der Waals surface area (Å²) in [5, 5.41) is 8.84. The molecule has 1 aromatic carbocycles. The van der Waals surface area contributed by atoms with Gasteiger partial charge in [0.15, 0.2) is 16.3 Å². The highest BCUT2D eigenvalue weighted by Gasteiger charge is 2.11. The number of aromatic amines is 1. The summed E-state index contributed by atoms with van der Waals surface area (Å²) < 4.78 is 2.01. The van der Waals surface area contributed by atoms with E-state index >= 15 is 0 Å². The fourth-order valence-electron chi connectivity index (χ4n) is 2.74. The fraction of sp³-hybridized carbons (Fsp3) is 0.316. The number of hydrogen-bond acceptors (Lipinski definition) is 4. The number of imidazole rings is 1. The normalized spacial score (nSPS) is 11.2. The standard InChI is InChI=1S/C19H23N5S/c1-12(2)6-5-9-24-11-21-17(20)16-18(24)23-19(22-16)25-15-8-7-13(3)10-14(15)4/h7-8,10-11,20H,1,5-6,9H2,2-4H3,(H,22,23). The summed E-state index contributed by atoms with van der Waals surface area (Å²) in [5.74, 6) is 0. The van der Waals surface area contributed by atoms with Crippen LogP contribution in [0.25, 0.3) is 11.2 Å². The summed E-state index contributed by atoms with van der Waals surface area (Å²) in [6.07, 6.45) is 3.67. The number of benzene rings is 1. The monoisotopic (exact) mass is 353 g/mol. The van der Waals surface area contributed by atoms with Crippen LogP contribution in [0, 0.1) is 19.3 Å². The smallest absolute Gasteiger partial charge is 0.173 e. The number of nitrogens with one attached hydrogen (secondary N) is 2. The number of rotatable bonds is 6. The van der Waals surface area contributed by atoms with Crippen LogP contribution in [0.15, 0.2) is 46.7 Å². The number of fused-ring (bicyclic) bond motifs is 1. The summed E-state index contributed by atoms with van der Waals surface area (Å²) in [4.78, 5) is 13.3. The van der Waals surface area contributed by atoms with Crippen LogP contribution in [0.5, 0.6) is 0 Å². The van der Waals surface area contributed by atoms with Gasteiger partial charge in [0.25, 0.3) is 0 Å². The number of aromatic nitrogens is 4. The van der Waals surface area contributed by atoms with E-state index < -0.39 is 0 Å². The second-order valence-corrected chi connectivity index (χ2v) is 7.49. The molecule has 2 aromatic heterocycles. The van der Waals surface area contributed by atoms with E-state index in [0.717, 1.165) is 35.1 Å². The van der Waals surface area contributed by atoms with Gasteiger partial charge in [0, 0.05) is 11.4 Å². The maximum atomic E-state index is 8.05. The first-order valence-corrected chi connectivity index (χ1v) is 9.15. The summed E-state index contributed by atoms with van der Waals surface area (Å²) in [6, 6.07) is 6.39. The minimum absolute atomic E-state index is 0.228. The molecule has 2 heterocycles. The molecule has 5 nitrogen and oxygen atoms in total. The predicted octanol–water partition coefficient (Wildman–Crippen LogP) is 4.36. The van der Waals surface area contributed by atoms with Crippen molar-refractivity contribution in [2.45, 2.75) is 50.2 Å². The number of nitrogens with zero attached hydrogens (tertiary/aromatic N) is 3. The molecular weight excluding hydrogens is 330 g/mol. The maximum absolute atomic E-state index is 8.05. The molecule has 3 aromatic rings. The molecule has 0 amide bonds. The number of hydrogen-bond donors (Lipinski definition) is 2. The van der Waals surface area contributed by atoms with Gasteiger partial charge in [-0.15, -0.1) is 6.58 Å². The van der Waals surface area contributed by atoms with Crippen molar-refractivity contribution in [2.24, 2.45) is 0 Å². The zero-order valence-corrected chi connectivity index (χ0v) is 15.7. The van der Waals surface area contributed by atoms with Crippen LogP contribution in [0.2, 0.25) is 0 Å². The molecule has 3 rings (SSSR count). The van der Waals surface area contributed by atoms with Crippen molar-refractivity contribution >= 4 is 22.9 Å². The van der Waals surface area contributed by atoms with E-state index in [4.69, 9.17) is 10.4 Å². The summed E-state index contributed by atoms with van der Waals surface area (Å²) >= 11 is 1.59. The van der Waals surface area contributed by atoms with Gasteiger partial charge >= 0.3 is 0 Å². The lowest BCUT2D eigenvalue weighted by molar-refractivity contribution is 0.639. The molecular formula is C19H23N5S. The molecule has 0 unspecified atom stereocenters. The first-order chi connectivity index (χ1) is 11.9. The van der Waals surface area contributed by atoms with Crippen LogP contribution in [0.4, 0.5) is 0 Å². The van der Waals surface area contributed by atoms with Gasteiger partial charge in [0.1, 0.15) is 5.52 Å². The van der Waals surface area contributed by atoms with Crippen LogP contribution in [-0.4, -0.2) is 19.5 Å². The van der Waals surface area contributed by atoms with Gasteiger partial charge in [-0.2, -0.15) is 0 Å². The molecule has 0 aliphatic heterocycles. The Kier molecular flexibility index (Phi) is 5.08. The Bertz CT molecular complexity index is 983. The van der Waals surface area contributed by atoms with Gasteiger partial charge in [-0.05, 0) is 45.2 Å². The highest BCUT2D eigenvalue weighted by atomic mass is 32.2. The van der Waals surface area contributed by atoms with Gasteiger partial charge in [0.2, 0.25) is 0 Å². The van der Waals surface area contributed by atoms with Gasteiger partial charge < -0.3 is 9.55 Å². The molecule has 0 atom stereocenters. The Balaban J connectivity index is 1.91. The van der Waals surface area contributed by atoms with Crippen molar-refractivity contribution in [3.63, 3.8) is 0 Å². The Morgan fingerprint density at radius 3 is 2.88 bits per heavy atom. The second kappa shape index (κ2) is 7.27. The zero-order valence-electron chi connectivity index (χ0n) is 14.9. The number of aryl methyl sites for hydroxylation is 3. The lowest BCUT2D eigenvalue weighted by atomic mass is 10.2. The first-order valence-electron chi connectivity index (χ1n) is 8.33. The topological polar surface area (TPSA) is 70.3 Å². The minimum Gasteiger partial charge on any atom is -0.328 e. The largest absolute Gasteiger partial charge is 0.328 e. The quantitative estimate of drug-likeness (QED) is 0.647. The van der Waals surface area contributed by atoms with Crippen molar-refractivity contribution in [1.82, 2.24) is 19.5 Å². The van der Waals surface area contributed by atoms with Crippen molar-refractivity contribution in [3.05, 3.63) is 53.3 Å². The van der Waals surface area contributed by atoms with Crippen LogP contribution in [0.3, 0.4) is 0 Å². The lowest BCUT2D eigenvalue weighted by Gasteiger charge is -2.06.